The van der Waals surface area contributed by atoms with E-state index >= 15 is 0 Å². The number of carbonyl (C=O) groups excluding carboxylic acids is 1. The summed E-state index contributed by atoms with van der Waals surface area (Å²) in [5.74, 6) is -0.105. The lowest BCUT2D eigenvalue weighted by Gasteiger charge is -2.35. The molecule has 0 spiro atoms. The van der Waals surface area contributed by atoms with E-state index < -0.39 is 5.60 Å². The fourth-order valence-electron chi connectivity index (χ4n) is 2.32. The van der Waals surface area contributed by atoms with Crippen molar-refractivity contribution in [3.05, 3.63) is 32.7 Å². The van der Waals surface area contributed by atoms with Gasteiger partial charge in [-0.15, -0.1) is 0 Å². The molecule has 1 amide bonds. The zero-order valence-electron chi connectivity index (χ0n) is 11.2. The highest BCUT2D eigenvalue weighted by Crippen LogP contribution is 2.24. The van der Waals surface area contributed by atoms with E-state index in [0.29, 0.717) is 38.2 Å². The van der Waals surface area contributed by atoms with Crippen molar-refractivity contribution in [3.63, 3.8) is 0 Å². The van der Waals surface area contributed by atoms with Crippen LogP contribution in [0.4, 0.5) is 0 Å². The molecule has 0 bridgehead atoms. The second kappa shape index (κ2) is 6.56. The molecule has 1 aromatic carbocycles. The quantitative estimate of drug-likeness (QED) is 0.839. The molecule has 0 radical (unpaired) electrons. The highest BCUT2D eigenvalue weighted by atomic mass is 79.9. The minimum Gasteiger partial charge on any atom is -0.388 e. The monoisotopic (exact) mass is 405 g/mol. The maximum Gasteiger partial charge on any atom is 0.253 e. The average Bonchev–Trinajstić information content (AvgIpc) is 2.37. The molecule has 0 unspecified atom stereocenters. The van der Waals surface area contributed by atoms with Crippen molar-refractivity contribution in [1.29, 1.82) is 0 Å². The molecule has 6 heteroatoms. The van der Waals surface area contributed by atoms with Crippen molar-refractivity contribution < 1.29 is 14.6 Å². The van der Waals surface area contributed by atoms with Crippen molar-refractivity contribution in [2.75, 3.05) is 26.8 Å². The summed E-state index contributed by atoms with van der Waals surface area (Å²) < 4.78 is 6.93. The number of hydrogen-bond acceptors (Lipinski definition) is 3. The minimum absolute atomic E-state index is 0.105. The smallest absolute Gasteiger partial charge is 0.253 e. The Morgan fingerprint density at radius 3 is 2.40 bits per heavy atom. The van der Waals surface area contributed by atoms with E-state index in [1.807, 2.05) is 6.07 Å². The number of benzene rings is 1. The zero-order valence-corrected chi connectivity index (χ0v) is 14.4. The van der Waals surface area contributed by atoms with Gasteiger partial charge in [0.1, 0.15) is 0 Å². The first-order chi connectivity index (χ1) is 9.39. The van der Waals surface area contributed by atoms with Crippen molar-refractivity contribution in [1.82, 2.24) is 4.90 Å². The van der Waals surface area contributed by atoms with Crippen LogP contribution >= 0.6 is 31.9 Å². The predicted octanol–water partition coefficient (Wildman–Crippen LogP) is 2.83. The van der Waals surface area contributed by atoms with Crippen molar-refractivity contribution in [3.8, 4) is 0 Å². The molecule has 0 atom stereocenters. The Balaban J connectivity index is 2.08. The molecular formula is C14H17Br2NO3. The maximum absolute atomic E-state index is 12.4. The van der Waals surface area contributed by atoms with E-state index in [1.165, 1.54) is 0 Å². The van der Waals surface area contributed by atoms with Crippen LogP contribution in [-0.2, 0) is 4.74 Å². The Morgan fingerprint density at radius 2 is 1.85 bits per heavy atom. The van der Waals surface area contributed by atoms with E-state index in [0.717, 1.165) is 8.95 Å². The van der Waals surface area contributed by atoms with Crippen LogP contribution in [0.5, 0.6) is 0 Å². The van der Waals surface area contributed by atoms with Crippen LogP contribution in [0.1, 0.15) is 23.2 Å². The van der Waals surface area contributed by atoms with Crippen LogP contribution < -0.4 is 0 Å². The Labute approximate surface area is 135 Å². The van der Waals surface area contributed by atoms with Gasteiger partial charge in [0.2, 0.25) is 0 Å². The maximum atomic E-state index is 12.4. The Bertz CT molecular complexity index is 481. The molecule has 1 aliphatic rings. The highest BCUT2D eigenvalue weighted by molar-refractivity contribution is 9.11. The second-order valence-corrected chi connectivity index (χ2v) is 6.99. The summed E-state index contributed by atoms with van der Waals surface area (Å²) >= 11 is 6.75. The third-order valence-corrected chi connectivity index (χ3v) is 4.33. The van der Waals surface area contributed by atoms with E-state index in [9.17, 15) is 9.90 Å². The van der Waals surface area contributed by atoms with Gasteiger partial charge >= 0.3 is 0 Å². The number of amides is 1. The van der Waals surface area contributed by atoms with Gasteiger partial charge < -0.3 is 14.7 Å². The molecule has 1 aliphatic heterocycles. The summed E-state index contributed by atoms with van der Waals surface area (Å²) in [5, 5.41) is 10.5. The van der Waals surface area contributed by atoms with Crippen LogP contribution in [0.2, 0.25) is 0 Å². The molecule has 0 aliphatic carbocycles. The lowest BCUT2D eigenvalue weighted by molar-refractivity contribution is -0.0734. The van der Waals surface area contributed by atoms with Crippen LogP contribution in [0.3, 0.4) is 0 Å². The lowest BCUT2D eigenvalue weighted by atomic mass is 9.94. The SMILES string of the molecule is CN(CC1(O)CCOCC1)C(=O)c1cc(Br)cc(Br)c1. The van der Waals surface area contributed by atoms with Gasteiger partial charge in [-0.25, -0.2) is 0 Å². The largest absolute Gasteiger partial charge is 0.388 e. The number of ether oxygens (including phenoxy) is 1. The van der Waals surface area contributed by atoms with Gasteiger partial charge in [0, 0.05) is 54.2 Å². The summed E-state index contributed by atoms with van der Waals surface area (Å²) in [6, 6.07) is 5.43. The molecule has 0 aromatic heterocycles. The third kappa shape index (κ3) is 4.04. The van der Waals surface area contributed by atoms with Crippen LogP contribution in [0, 0.1) is 0 Å². The summed E-state index contributed by atoms with van der Waals surface area (Å²) in [6.07, 6.45) is 1.12. The van der Waals surface area contributed by atoms with Crippen molar-refractivity contribution in [2.45, 2.75) is 18.4 Å². The van der Waals surface area contributed by atoms with Crippen LogP contribution in [0.15, 0.2) is 27.1 Å². The normalized spacial score (nSPS) is 17.8. The molecule has 1 fully saturated rings. The van der Waals surface area contributed by atoms with E-state index in [1.54, 1.807) is 24.1 Å². The van der Waals surface area contributed by atoms with Crippen molar-refractivity contribution >= 4 is 37.8 Å². The fourth-order valence-corrected chi connectivity index (χ4v) is 3.61. The Morgan fingerprint density at radius 1 is 1.30 bits per heavy atom. The summed E-state index contributed by atoms with van der Waals surface area (Å²) in [5.41, 5.74) is -0.254. The number of hydrogen-bond donors (Lipinski definition) is 1. The molecule has 2 rings (SSSR count). The predicted molar refractivity (Wildman–Crippen MR) is 83.8 cm³/mol. The molecule has 110 valence electrons. The number of aliphatic hydroxyl groups is 1. The second-order valence-electron chi connectivity index (χ2n) is 5.16. The first-order valence-electron chi connectivity index (χ1n) is 6.41. The molecule has 0 saturated carbocycles. The van der Waals surface area contributed by atoms with Gasteiger partial charge in [-0.05, 0) is 18.2 Å². The van der Waals surface area contributed by atoms with Crippen LogP contribution in [0.25, 0.3) is 0 Å². The average molecular weight is 407 g/mol. The summed E-state index contributed by atoms with van der Waals surface area (Å²) in [4.78, 5) is 14.0. The van der Waals surface area contributed by atoms with Gasteiger partial charge in [0.15, 0.2) is 0 Å². The molecular weight excluding hydrogens is 390 g/mol. The zero-order chi connectivity index (χ0) is 14.8. The minimum atomic E-state index is -0.841. The van der Waals surface area contributed by atoms with Gasteiger partial charge in [0.25, 0.3) is 5.91 Å². The van der Waals surface area contributed by atoms with Crippen LogP contribution in [-0.4, -0.2) is 48.3 Å². The number of likely N-dealkylation sites (N-methyl/N-ethyl adjacent to an activating group) is 1. The summed E-state index contributed by atoms with van der Waals surface area (Å²) in [6.45, 7) is 1.40. The number of nitrogens with zero attached hydrogens (tertiary/aromatic N) is 1. The van der Waals surface area contributed by atoms with Gasteiger partial charge in [-0.1, -0.05) is 31.9 Å². The molecule has 1 saturated heterocycles. The van der Waals surface area contributed by atoms with E-state index in [4.69, 9.17) is 4.74 Å². The topological polar surface area (TPSA) is 49.8 Å². The van der Waals surface area contributed by atoms with Gasteiger partial charge in [-0.2, -0.15) is 0 Å². The first-order valence-corrected chi connectivity index (χ1v) is 8.00. The molecule has 1 aromatic rings. The highest BCUT2D eigenvalue weighted by Gasteiger charge is 2.32. The third-order valence-electron chi connectivity index (χ3n) is 3.41. The number of rotatable bonds is 3. The standard InChI is InChI=1S/C14H17Br2NO3/c1-17(9-14(19)2-4-20-5-3-14)13(18)10-6-11(15)8-12(16)7-10/h6-8,19H,2-5,9H2,1H3. The number of halogens is 2. The number of carbonyl (C=O) groups is 1. The molecule has 20 heavy (non-hydrogen) atoms. The molecule has 4 nitrogen and oxygen atoms in total. The van der Waals surface area contributed by atoms with E-state index in [2.05, 4.69) is 31.9 Å². The Hall–Kier alpha value is -0.430. The van der Waals surface area contributed by atoms with Gasteiger partial charge in [-0.3, -0.25) is 4.79 Å². The van der Waals surface area contributed by atoms with E-state index in [-0.39, 0.29) is 5.91 Å². The molecule has 1 N–H and O–H groups in total. The lowest BCUT2D eigenvalue weighted by Crippen LogP contribution is -2.47. The summed E-state index contributed by atoms with van der Waals surface area (Å²) in [7, 11) is 1.71. The molecule has 1 heterocycles. The van der Waals surface area contributed by atoms with Crippen molar-refractivity contribution in [2.24, 2.45) is 0 Å². The van der Waals surface area contributed by atoms with Gasteiger partial charge in [0.05, 0.1) is 5.60 Å². The Kier molecular flexibility index (Phi) is 5.23. The fraction of sp³-hybridized carbons (Fsp3) is 0.500. The first kappa shape index (κ1) is 15.9.